The van der Waals surface area contributed by atoms with E-state index in [2.05, 4.69) is 20.4 Å². The molecule has 116 valence electrons. The zero-order chi connectivity index (χ0) is 15.4. The molecule has 0 radical (unpaired) electrons. The Morgan fingerprint density at radius 3 is 2.64 bits per heavy atom. The molecule has 1 aliphatic rings. The lowest BCUT2D eigenvalue weighted by atomic mass is 9.93. The molecule has 3 rings (SSSR count). The zero-order valence-electron chi connectivity index (χ0n) is 12.4. The van der Waals surface area contributed by atoms with E-state index >= 15 is 0 Å². The normalized spacial score (nSPS) is 16.7. The number of primary amides is 1. The van der Waals surface area contributed by atoms with Crippen molar-refractivity contribution in [3.8, 4) is 5.69 Å². The molecule has 2 heterocycles. The molecule has 1 aromatic heterocycles. The summed E-state index contributed by atoms with van der Waals surface area (Å²) in [5.74, 6) is 1.05. The Morgan fingerprint density at radius 2 is 1.95 bits per heavy atom. The fourth-order valence-corrected chi connectivity index (χ4v) is 2.91. The number of carbonyl (C=O) groups is 1. The van der Waals surface area contributed by atoms with Crippen molar-refractivity contribution in [1.82, 2.24) is 25.1 Å². The van der Waals surface area contributed by atoms with Crippen LogP contribution in [0.5, 0.6) is 0 Å². The predicted octanol–water partition coefficient (Wildman–Crippen LogP) is 0.750. The summed E-state index contributed by atoms with van der Waals surface area (Å²) in [6, 6.07) is 9.88. The van der Waals surface area contributed by atoms with Crippen LogP contribution in [0, 0.1) is 5.92 Å². The maximum absolute atomic E-state index is 11.0. The number of amides is 1. The smallest absolute Gasteiger partial charge is 0.217 e. The molecule has 1 amide bonds. The number of hydrogen-bond acceptors (Lipinski definition) is 5. The van der Waals surface area contributed by atoms with Crippen molar-refractivity contribution >= 4 is 5.91 Å². The van der Waals surface area contributed by atoms with E-state index in [0.29, 0.717) is 18.9 Å². The quantitative estimate of drug-likeness (QED) is 0.880. The molecule has 1 aliphatic heterocycles. The first kappa shape index (κ1) is 14.6. The number of nitrogens with zero attached hydrogens (tertiary/aromatic N) is 5. The van der Waals surface area contributed by atoms with Gasteiger partial charge in [0.25, 0.3) is 0 Å². The lowest BCUT2D eigenvalue weighted by Gasteiger charge is -2.30. The lowest BCUT2D eigenvalue weighted by Crippen LogP contribution is -2.35. The third kappa shape index (κ3) is 3.48. The average molecular weight is 300 g/mol. The predicted molar refractivity (Wildman–Crippen MR) is 81.0 cm³/mol. The molecule has 0 bridgehead atoms. The third-order valence-electron chi connectivity index (χ3n) is 4.10. The fourth-order valence-electron chi connectivity index (χ4n) is 2.91. The minimum absolute atomic E-state index is 0.202. The molecule has 0 unspecified atom stereocenters. The Hall–Kier alpha value is -2.28. The molecule has 0 spiro atoms. The Kier molecular flexibility index (Phi) is 4.43. The van der Waals surface area contributed by atoms with Crippen LogP contribution in [0.2, 0.25) is 0 Å². The number of likely N-dealkylation sites (tertiary alicyclic amines) is 1. The summed E-state index contributed by atoms with van der Waals surface area (Å²) in [5, 5.41) is 12.0. The van der Waals surface area contributed by atoms with Crippen molar-refractivity contribution in [3.63, 3.8) is 0 Å². The van der Waals surface area contributed by atoms with E-state index in [4.69, 9.17) is 5.73 Å². The number of aromatic nitrogens is 4. The molecular weight excluding hydrogens is 280 g/mol. The highest BCUT2D eigenvalue weighted by Crippen LogP contribution is 2.21. The maximum Gasteiger partial charge on any atom is 0.217 e. The lowest BCUT2D eigenvalue weighted by molar-refractivity contribution is -0.119. The second kappa shape index (κ2) is 6.65. The van der Waals surface area contributed by atoms with Crippen LogP contribution in [0.4, 0.5) is 0 Å². The van der Waals surface area contributed by atoms with Gasteiger partial charge in [-0.2, -0.15) is 4.68 Å². The van der Waals surface area contributed by atoms with Gasteiger partial charge in [0.15, 0.2) is 5.82 Å². The van der Waals surface area contributed by atoms with Crippen LogP contribution in [-0.2, 0) is 11.3 Å². The molecule has 0 atom stereocenters. The van der Waals surface area contributed by atoms with Crippen LogP contribution in [0.1, 0.15) is 25.1 Å². The van der Waals surface area contributed by atoms with E-state index in [1.165, 1.54) is 0 Å². The van der Waals surface area contributed by atoms with Gasteiger partial charge in [-0.15, -0.1) is 5.10 Å². The van der Waals surface area contributed by atoms with Crippen LogP contribution >= 0.6 is 0 Å². The van der Waals surface area contributed by atoms with Crippen LogP contribution in [-0.4, -0.2) is 44.1 Å². The van der Waals surface area contributed by atoms with Crippen LogP contribution < -0.4 is 5.73 Å². The molecular formula is C15H20N6O. The minimum atomic E-state index is -0.202. The summed E-state index contributed by atoms with van der Waals surface area (Å²) in [6.07, 6.45) is 2.49. The van der Waals surface area contributed by atoms with Gasteiger partial charge in [-0.05, 0) is 54.4 Å². The van der Waals surface area contributed by atoms with Gasteiger partial charge in [-0.1, -0.05) is 18.2 Å². The minimum Gasteiger partial charge on any atom is -0.370 e. The van der Waals surface area contributed by atoms with Gasteiger partial charge in [0.2, 0.25) is 5.91 Å². The highest BCUT2D eigenvalue weighted by Gasteiger charge is 2.22. The average Bonchev–Trinajstić information content (AvgIpc) is 2.98. The molecule has 1 saturated heterocycles. The van der Waals surface area contributed by atoms with Crippen molar-refractivity contribution in [3.05, 3.63) is 36.2 Å². The second-order valence-electron chi connectivity index (χ2n) is 5.73. The van der Waals surface area contributed by atoms with Gasteiger partial charge in [0, 0.05) is 6.42 Å². The number of benzene rings is 1. The standard InChI is InChI=1S/C15H20N6O/c16-14(22)10-12-6-8-20(9-7-12)11-15-17-18-19-21(15)13-4-2-1-3-5-13/h1-5,12H,6-11H2,(H2,16,22). The van der Waals surface area contributed by atoms with Gasteiger partial charge in [0.1, 0.15) is 0 Å². The number of tetrazole rings is 1. The van der Waals surface area contributed by atoms with Crippen molar-refractivity contribution in [2.75, 3.05) is 13.1 Å². The molecule has 0 saturated carbocycles. The summed E-state index contributed by atoms with van der Waals surface area (Å²) >= 11 is 0. The summed E-state index contributed by atoms with van der Waals surface area (Å²) < 4.78 is 1.77. The summed E-state index contributed by atoms with van der Waals surface area (Å²) in [7, 11) is 0. The van der Waals surface area contributed by atoms with Crippen molar-refractivity contribution < 1.29 is 4.79 Å². The summed E-state index contributed by atoms with van der Waals surface area (Å²) in [6.45, 7) is 2.60. The molecule has 7 nitrogen and oxygen atoms in total. The first-order valence-corrected chi connectivity index (χ1v) is 7.55. The summed E-state index contributed by atoms with van der Waals surface area (Å²) in [5.41, 5.74) is 6.23. The number of nitrogens with two attached hydrogens (primary N) is 1. The third-order valence-corrected chi connectivity index (χ3v) is 4.10. The zero-order valence-corrected chi connectivity index (χ0v) is 12.4. The van der Waals surface area contributed by atoms with Gasteiger partial charge < -0.3 is 5.73 Å². The SMILES string of the molecule is NC(=O)CC1CCN(Cc2nnnn2-c2ccccc2)CC1. The number of piperidine rings is 1. The second-order valence-corrected chi connectivity index (χ2v) is 5.73. The Morgan fingerprint density at radius 1 is 1.23 bits per heavy atom. The molecule has 2 aromatic rings. The first-order valence-electron chi connectivity index (χ1n) is 7.55. The molecule has 0 aliphatic carbocycles. The van der Waals surface area contributed by atoms with E-state index in [0.717, 1.165) is 37.4 Å². The Labute approximate surface area is 129 Å². The van der Waals surface area contributed by atoms with Gasteiger partial charge in [-0.3, -0.25) is 9.69 Å². The molecule has 1 fully saturated rings. The van der Waals surface area contributed by atoms with E-state index < -0.39 is 0 Å². The fraction of sp³-hybridized carbons (Fsp3) is 0.467. The van der Waals surface area contributed by atoms with Gasteiger partial charge >= 0.3 is 0 Å². The van der Waals surface area contributed by atoms with Crippen molar-refractivity contribution in [1.29, 1.82) is 0 Å². The van der Waals surface area contributed by atoms with E-state index in [1.807, 2.05) is 30.3 Å². The van der Waals surface area contributed by atoms with Crippen molar-refractivity contribution in [2.24, 2.45) is 11.7 Å². The monoisotopic (exact) mass is 300 g/mol. The number of para-hydroxylation sites is 1. The van der Waals surface area contributed by atoms with E-state index in [9.17, 15) is 4.79 Å². The van der Waals surface area contributed by atoms with E-state index in [-0.39, 0.29) is 5.91 Å². The summed E-state index contributed by atoms with van der Waals surface area (Å²) in [4.78, 5) is 13.3. The van der Waals surface area contributed by atoms with Crippen LogP contribution in [0.15, 0.2) is 30.3 Å². The van der Waals surface area contributed by atoms with Gasteiger partial charge in [0.05, 0.1) is 12.2 Å². The number of carbonyl (C=O) groups excluding carboxylic acids is 1. The first-order chi connectivity index (χ1) is 10.7. The topological polar surface area (TPSA) is 89.9 Å². The number of rotatable bonds is 5. The largest absolute Gasteiger partial charge is 0.370 e. The Bertz CT molecular complexity index is 618. The van der Waals surface area contributed by atoms with Crippen molar-refractivity contribution in [2.45, 2.75) is 25.8 Å². The molecule has 2 N–H and O–H groups in total. The highest BCUT2D eigenvalue weighted by molar-refractivity contribution is 5.73. The van der Waals surface area contributed by atoms with Crippen LogP contribution in [0.3, 0.4) is 0 Å². The Balaban J connectivity index is 1.61. The van der Waals surface area contributed by atoms with E-state index in [1.54, 1.807) is 4.68 Å². The molecule has 7 heteroatoms. The van der Waals surface area contributed by atoms with Gasteiger partial charge in [-0.25, -0.2) is 0 Å². The molecule has 1 aromatic carbocycles. The number of hydrogen-bond donors (Lipinski definition) is 1. The molecule has 22 heavy (non-hydrogen) atoms. The highest BCUT2D eigenvalue weighted by atomic mass is 16.1. The van der Waals surface area contributed by atoms with Crippen LogP contribution in [0.25, 0.3) is 5.69 Å². The maximum atomic E-state index is 11.0.